The minimum absolute atomic E-state index is 0.0264. The molecular weight excluding hydrogens is 520 g/mol. The number of aromatic nitrogens is 3. The number of amides is 2. The Kier molecular flexibility index (Phi) is 7.44. The van der Waals surface area contributed by atoms with Gasteiger partial charge in [0.05, 0.1) is 17.7 Å². The molecule has 1 aromatic carbocycles. The summed E-state index contributed by atoms with van der Waals surface area (Å²) in [5.41, 5.74) is -3.60. The van der Waals surface area contributed by atoms with E-state index in [1.165, 1.54) is 12.3 Å². The molecule has 206 valence electrons. The number of ether oxygens (including phenoxy) is 1. The molecule has 38 heavy (non-hydrogen) atoms. The van der Waals surface area contributed by atoms with Crippen molar-refractivity contribution in [1.29, 1.82) is 0 Å². The molecule has 2 aliphatic heterocycles. The molecule has 2 aromatic rings. The van der Waals surface area contributed by atoms with Crippen LogP contribution in [0.4, 0.5) is 31.1 Å². The Bertz CT molecular complexity index is 1180. The van der Waals surface area contributed by atoms with Crippen molar-refractivity contribution in [2.45, 2.75) is 38.5 Å². The molecule has 4 rings (SSSR count). The molecule has 2 fully saturated rings. The van der Waals surface area contributed by atoms with E-state index in [1.807, 2.05) is 6.92 Å². The van der Waals surface area contributed by atoms with Gasteiger partial charge in [-0.25, -0.2) is 14.5 Å². The molecule has 8 nitrogen and oxygen atoms in total. The highest BCUT2D eigenvalue weighted by atomic mass is 19.4. The SMILES string of the molecule is CCCCOC(=O)N1CC2(CCN(C(=O)/C=C/n3cnc(-c4cc(C(F)(F)F)cc(C(F)(F)F)c4)n3)C2)C1. The van der Waals surface area contributed by atoms with Crippen molar-refractivity contribution in [3.63, 3.8) is 0 Å². The molecule has 0 bridgehead atoms. The van der Waals surface area contributed by atoms with Crippen LogP contribution in [0.2, 0.25) is 0 Å². The summed E-state index contributed by atoms with van der Waals surface area (Å²) in [5, 5.41) is 3.90. The first-order chi connectivity index (χ1) is 17.8. The quantitative estimate of drug-likeness (QED) is 0.292. The topological polar surface area (TPSA) is 80.6 Å². The number of carbonyl (C=O) groups is 2. The van der Waals surface area contributed by atoms with E-state index in [0.717, 1.165) is 30.3 Å². The molecule has 0 N–H and O–H groups in total. The molecule has 0 radical (unpaired) electrons. The zero-order chi connectivity index (χ0) is 27.7. The van der Waals surface area contributed by atoms with Crippen LogP contribution in [0.15, 0.2) is 30.6 Å². The largest absolute Gasteiger partial charge is 0.449 e. The van der Waals surface area contributed by atoms with Crippen molar-refractivity contribution in [2.75, 3.05) is 32.8 Å². The molecule has 0 saturated carbocycles. The molecule has 0 atom stereocenters. The lowest BCUT2D eigenvalue weighted by Crippen LogP contribution is -2.59. The number of hydrogen-bond donors (Lipinski definition) is 0. The predicted octanol–water partition coefficient (Wildman–Crippen LogP) is 4.92. The normalized spacial score (nSPS) is 17.3. The summed E-state index contributed by atoms with van der Waals surface area (Å²) in [7, 11) is 0. The number of carbonyl (C=O) groups excluding carboxylic acids is 2. The molecule has 14 heteroatoms. The molecule has 0 unspecified atom stereocenters. The Hall–Kier alpha value is -3.58. The van der Waals surface area contributed by atoms with Crippen molar-refractivity contribution in [2.24, 2.45) is 5.41 Å². The van der Waals surface area contributed by atoms with Gasteiger partial charge in [-0.1, -0.05) is 13.3 Å². The van der Waals surface area contributed by atoms with Gasteiger partial charge < -0.3 is 14.5 Å². The third kappa shape index (κ3) is 6.10. The lowest BCUT2D eigenvalue weighted by atomic mass is 9.79. The van der Waals surface area contributed by atoms with Crippen molar-refractivity contribution in [1.82, 2.24) is 24.6 Å². The number of hydrogen-bond acceptors (Lipinski definition) is 5. The fourth-order valence-electron chi connectivity index (χ4n) is 4.48. The predicted molar refractivity (Wildman–Crippen MR) is 122 cm³/mol. The van der Waals surface area contributed by atoms with Crippen LogP contribution in [0.25, 0.3) is 17.6 Å². The molecule has 3 heterocycles. The van der Waals surface area contributed by atoms with Crippen LogP contribution in [0.5, 0.6) is 0 Å². The van der Waals surface area contributed by atoms with Crippen LogP contribution in [0.3, 0.4) is 0 Å². The zero-order valence-electron chi connectivity index (χ0n) is 20.3. The second-order valence-corrected chi connectivity index (χ2v) is 9.49. The van der Waals surface area contributed by atoms with E-state index in [1.54, 1.807) is 9.80 Å². The standard InChI is InChI=1S/C24H25F6N5O3/c1-2-3-8-38-21(37)34-13-22(14-34)5-7-33(12-22)19(36)4-6-35-15-31-20(32-35)16-9-17(23(25,26)27)11-18(10-16)24(28,29)30/h4,6,9-11,15H,2-3,5,7-8,12-14H2,1H3/b6-4+. The first kappa shape index (κ1) is 27.5. The summed E-state index contributed by atoms with van der Waals surface area (Å²) in [6.45, 7) is 4.28. The lowest BCUT2D eigenvalue weighted by molar-refractivity contribution is -0.143. The van der Waals surface area contributed by atoms with Gasteiger partial charge in [0, 0.05) is 49.4 Å². The number of alkyl halides is 6. The minimum atomic E-state index is -5.00. The molecule has 1 aromatic heterocycles. The van der Waals surface area contributed by atoms with Gasteiger partial charge in [0.1, 0.15) is 6.33 Å². The number of nitrogens with zero attached hydrogens (tertiary/aromatic N) is 5. The number of benzene rings is 1. The Morgan fingerprint density at radius 3 is 2.26 bits per heavy atom. The minimum Gasteiger partial charge on any atom is -0.449 e. The summed E-state index contributed by atoms with van der Waals surface area (Å²) in [5.74, 6) is -0.708. The molecular formula is C24H25F6N5O3. The van der Waals surface area contributed by atoms with Gasteiger partial charge in [-0.2, -0.15) is 26.3 Å². The Morgan fingerprint density at radius 1 is 1.03 bits per heavy atom. The molecule has 1 spiro atoms. The maximum Gasteiger partial charge on any atom is 0.416 e. The van der Waals surface area contributed by atoms with E-state index in [4.69, 9.17) is 4.74 Å². The third-order valence-corrected chi connectivity index (χ3v) is 6.51. The number of likely N-dealkylation sites (tertiary alicyclic amines) is 2. The smallest absolute Gasteiger partial charge is 0.416 e. The van der Waals surface area contributed by atoms with E-state index in [-0.39, 0.29) is 29.3 Å². The maximum atomic E-state index is 13.1. The summed E-state index contributed by atoms with van der Waals surface area (Å²) >= 11 is 0. The summed E-state index contributed by atoms with van der Waals surface area (Å²) in [6, 6.07) is 1.10. The van der Waals surface area contributed by atoms with E-state index in [9.17, 15) is 35.9 Å². The van der Waals surface area contributed by atoms with Crippen molar-refractivity contribution in [3.8, 4) is 11.4 Å². The Balaban J connectivity index is 1.38. The van der Waals surface area contributed by atoms with E-state index in [2.05, 4.69) is 10.1 Å². The van der Waals surface area contributed by atoms with E-state index in [0.29, 0.717) is 44.9 Å². The highest BCUT2D eigenvalue weighted by Crippen LogP contribution is 2.40. The molecule has 2 saturated heterocycles. The van der Waals surface area contributed by atoms with Crippen molar-refractivity contribution in [3.05, 3.63) is 41.7 Å². The zero-order valence-corrected chi connectivity index (χ0v) is 20.3. The van der Waals surface area contributed by atoms with E-state index < -0.39 is 29.0 Å². The maximum absolute atomic E-state index is 13.1. The van der Waals surface area contributed by atoms with Gasteiger partial charge >= 0.3 is 18.4 Å². The fourth-order valence-corrected chi connectivity index (χ4v) is 4.48. The number of unbranched alkanes of at least 4 members (excludes halogenated alkanes) is 1. The van der Waals surface area contributed by atoms with Crippen LogP contribution in [0.1, 0.15) is 37.3 Å². The van der Waals surface area contributed by atoms with Crippen molar-refractivity contribution < 1.29 is 40.7 Å². The van der Waals surface area contributed by atoms with Crippen LogP contribution in [0, 0.1) is 5.41 Å². The second kappa shape index (κ2) is 10.3. The van der Waals surface area contributed by atoms with Crippen LogP contribution >= 0.6 is 0 Å². The first-order valence-corrected chi connectivity index (χ1v) is 11.9. The van der Waals surface area contributed by atoms with Crippen molar-refractivity contribution >= 4 is 18.2 Å². The lowest BCUT2D eigenvalue weighted by Gasteiger charge is -2.46. The molecule has 2 aliphatic rings. The van der Waals surface area contributed by atoms with Gasteiger partial charge in [0.15, 0.2) is 5.82 Å². The highest BCUT2D eigenvalue weighted by Gasteiger charge is 2.50. The summed E-state index contributed by atoms with van der Waals surface area (Å²) in [4.78, 5) is 31.7. The van der Waals surface area contributed by atoms with Crippen LogP contribution in [-0.4, -0.2) is 69.4 Å². The summed E-state index contributed by atoms with van der Waals surface area (Å²) in [6.07, 6.45) is -4.43. The van der Waals surface area contributed by atoms with Gasteiger partial charge in [0.25, 0.3) is 0 Å². The van der Waals surface area contributed by atoms with E-state index >= 15 is 0 Å². The fraction of sp³-hybridized carbons (Fsp3) is 0.500. The summed E-state index contributed by atoms with van der Waals surface area (Å²) < 4.78 is 85.0. The van der Waals surface area contributed by atoms with Gasteiger partial charge in [-0.15, -0.1) is 5.10 Å². The molecule has 2 amide bonds. The molecule has 0 aliphatic carbocycles. The van der Waals surface area contributed by atoms with Crippen LogP contribution in [-0.2, 0) is 21.9 Å². The van der Waals surface area contributed by atoms with Gasteiger partial charge in [0.2, 0.25) is 5.91 Å². The monoisotopic (exact) mass is 545 g/mol. The van der Waals surface area contributed by atoms with Crippen LogP contribution < -0.4 is 0 Å². The Morgan fingerprint density at radius 2 is 1.66 bits per heavy atom. The second-order valence-electron chi connectivity index (χ2n) is 9.49. The average Bonchev–Trinajstić information content (AvgIpc) is 3.48. The first-order valence-electron chi connectivity index (χ1n) is 11.9. The number of rotatable bonds is 6. The third-order valence-electron chi connectivity index (χ3n) is 6.51. The van der Waals surface area contributed by atoms with Gasteiger partial charge in [-0.05, 0) is 31.0 Å². The number of halogens is 6. The Labute approximate surface area is 213 Å². The van der Waals surface area contributed by atoms with Gasteiger partial charge in [-0.3, -0.25) is 4.79 Å². The highest BCUT2D eigenvalue weighted by molar-refractivity contribution is 5.90. The average molecular weight is 545 g/mol.